The lowest BCUT2D eigenvalue weighted by Gasteiger charge is -2.21. The quantitative estimate of drug-likeness (QED) is 0.459. The first-order chi connectivity index (χ1) is 11.1. The van der Waals surface area contributed by atoms with Crippen LogP contribution in [0.1, 0.15) is 26.7 Å². The van der Waals surface area contributed by atoms with E-state index in [0.29, 0.717) is 25.4 Å². The Hall–Kier alpha value is -1.82. The molecule has 1 saturated heterocycles. The molecular weight excluding hydrogens is 297 g/mol. The molecule has 0 aromatic heterocycles. The molecule has 23 heavy (non-hydrogen) atoms. The molecular formula is C17H26FN3O2. The zero-order valence-electron chi connectivity index (χ0n) is 13.9. The molecule has 0 saturated carbocycles. The van der Waals surface area contributed by atoms with E-state index in [1.807, 2.05) is 6.92 Å². The summed E-state index contributed by atoms with van der Waals surface area (Å²) in [6, 6.07) is 6.14. The Labute approximate surface area is 137 Å². The number of hydrogen-bond acceptors (Lipinski definition) is 3. The molecule has 2 rings (SSSR count). The summed E-state index contributed by atoms with van der Waals surface area (Å²) in [7, 11) is 0. The molecule has 0 bridgehead atoms. The van der Waals surface area contributed by atoms with E-state index >= 15 is 0 Å². The maximum atomic E-state index is 13.1. The van der Waals surface area contributed by atoms with Gasteiger partial charge in [-0.3, -0.25) is 4.99 Å². The van der Waals surface area contributed by atoms with Gasteiger partial charge >= 0.3 is 0 Å². The Balaban J connectivity index is 1.75. The van der Waals surface area contributed by atoms with Crippen LogP contribution in [0.5, 0.6) is 5.75 Å². The van der Waals surface area contributed by atoms with Gasteiger partial charge in [0.25, 0.3) is 0 Å². The van der Waals surface area contributed by atoms with Crippen LogP contribution in [0, 0.1) is 5.82 Å². The maximum Gasteiger partial charge on any atom is 0.191 e. The fourth-order valence-corrected chi connectivity index (χ4v) is 2.44. The largest absolute Gasteiger partial charge is 0.492 e. The highest BCUT2D eigenvalue weighted by molar-refractivity contribution is 5.79. The molecule has 1 unspecified atom stereocenters. The van der Waals surface area contributed by atoms with E-state index in [1.165, 1.54) is 12.1 Å². The van der Waals surface area contributed by atoms with Crippen LogP contribution in [-0.4, -0.2) is 44.4 Å². The van der Waals surface area contributed by atoms with Gasteiger partial charge in [-0.2, -0.15) is 0 Å². The molecule has 0 amide bonds. The summed E-state index contributed by atoms with van der Waals surface area (Å²) in [5, 5.41) is 6.41. The van der Waals surface area contributed by atoms with Crippen molar-refractivity contribution < 1.29 is 13.9 Å². The lowest BCUT2D eigenvalue weighted by Crippen LogP contribution is -2.40. The second-order valence-electron chi connectivity index (χ2n) is 5.83. The second kappa shape index (κ2) is 8.72. The zero-order chi connectivity index (χ0) is 16.5. The summed E-state index contributed by atoms with van der Waals surface area (Å²) >= 11 is 0. The van der Waals surface area contributed by atoms with Gasteiger partial charge in [0.1, 0.15) is 18.2 Å². The van der Waals surface area contributed by atoms with Crippen LogP contribution in [0.4, 0.5) is 4.39 Å². The van der Waals surface area contributed by atoms with Crippen molar-refractivity contribution in [2.24, 2.45) is 4.99 Å². The Morgan fingerprint density at radius 3 is 3.00 bits per heavy atom. The zero-order valence-corrected chi connectivity index (χ0v) is 13.9. The average molecular weight is 323 g/mol. The van der Waals surface area contributed by atoms with E-state index in [0.717, 1.165) is 32.0 Å². The molecule has 1 atom stereocenters. The Kier molecular flexibility index (Phi) is 6.65. The summed E-state index contributed by atoms with van der Waals surface area (Å²) < 4.78 is 24.3. The van der Waals surface area contributed by atoms with Gasteiger partial charge in [-0.25, -0.2) is 4.39 Å². The SMILES string of the molecule is CCNC(=NCC1(C)CCCO1)NCCOc1cccc(F)c1. The van der Waals surface area contributed by atoms with Crippen molar-refractivity contribution >= 4 is 5.96 Å². The van der Waals surface area contributed by atoms with Gasteiger partial charge < -0.3 is 20.1 Å². The van der Waals surface area contributed by atoms with Crippen LogP contribution in [0.3, 0.4) is 0 Å². The molecule has 5 nitrogen and oxygen atoms in total. The molecule has 1 aromatic rings. The monoisotopic (exact) mass is 323 g/mol. The number of nitrogens with zero attached hydrogens (tertiary/aromatic N) is 1. The minimum Gasteiger partial charge on any atom is -0.492 e. The fraction of sp³-hybridized carbons (Fsp3) is 0.588. The van der Waals surface area contributed by atoms with Gasteiger partial charge in [0, 0.05) is 19.2 Å². The van der Waals surface area contributed by atoms with Crippen molar-refractivity contribution in [1.82, 2.24) is 10.6 Å². The van der Waals surface area contributed by atoms with Gasteiger partial charge in [0.05, 0.1) is 18.7 Å². The number of hydrogen-bond donors (Lipinski definition) is 2. The van der Waals surface area contributed by atoms with E-state index in [4.69, 9.17) is 9.47 Å². The van der Waals surface area contributed by atoms with Gasteiger partial charge in [-0.1, -0.05) is 6.07 Å². The highest BCUT2D eigenvalue weighted by Crippen LogP contribution is 2.24. The third kappa shape index (κ3) is 6.06. The summed E-state index contributed by atoms with van der Waals surface area (Å²) in [6.07, 6.45) is 2.13. The molecule has 128 valence electrons. The Bertz CT molecular complexity index is 516. The van der Waals surface area contributed by atoms with Crippen LogP contribution < -0.4 is 15.4 Å². The van der Waals surface area contributed by atoms with Crippen molar-refractivity contribution in [2.45, 2.75) is 32.3 Å². The van der Waals surface area contributed by atoms with Gasteiger partial charge in [-0.05, 0) is 38.8 Å². The predicted octanol–water partition coefficient (Wildman–Crippen LogP) is 2.33. The molecule has 1 aliphatic rings. The average Bonchev–Trinajstić information content (AvgIpc) is 2.96. The summed E-state index contributed by atoms with van der Waals surface area (Å²) in [6.45, 7) is 7.37. The second-order valence-corrected chi connectivity index (χ2v) is 5.83. The Morgan fingerprint density at radius 2 is 2.30 bits per heavy atom. The third-order valence-corrected chi connectivity index (χ3v) is 3.68. The minimum absolute atomic E-state index is 0.152. The van der Waals surface area contributed by atoms with Crippen molar-refractivity contribution in [3.05, 3.63) is 30.1 Å². The lowest BCUT2D eigenvalue weighted by atomic mass is 10.0. The number of rotatable bonds is 7. The summed E-state index contributed by atoms with van der Waals surface area (Å²) in [5.74, 6) is 0.975. The van der Waals surface area contributed by atoms with Crippen LogP contribution in [0.2, 0.25) is 0 Å². The van der Waals surface area contributed by atoms with Crippen molar-refractivity contribution in [1.29, 1.82) is 0 Å². The smallest absolute Gasteiger partial charge is 0.191 e. The molecule has 0 radical (unpaired) electrons. The molecule has 1 heterocycles. The van der Waals surface area contributed by atoms with E-state index in [-0.39, 0.29) is 11.4 Å². The molecule has 1 aliphatic heterocycles. The fourth-order valence-electron chi connectivity index (χ4n) is 2.44. The summed E-state index contributed by atoms with van der Waals surface area (Å²) in [5.41, 5.74) is -0.152. The van der Waals surface area contributed by atoms with Crippen molar-refractivity contribution in [2.75, 3.05) is 32.8 Å². The highest BCUT2D eigenvalue weighted by atomic mass is 19.1. The molecule has 1 fully saturated rings. The lowest BCUT2D eigenvalue weighted by molar-refractivity contribution is 0.0283. The normalized spacial score (nSPS) is 21.3. The minimum atomic E-state index is -0.296. The number of aliphatic imine (C=N–C) groups is 1. The first kappa shape index (κ1) is 17.5. The predicted molar refractivity (Wildman–Crippen MR) is 89.5 cm³/mol. The molecule has 0 aliphatic carbocycles. The van der Waals surface area contributed by atoms with Crippen LogP contribution in [-0.2, 0) is 4.74 Å². The number of benzene rings is 1. The standard InChI is InChI=1S/C17H26FN3O2/c1-3-19-16(21-13-17(2)8-5-10-23-17)20-9-11-22-15-7-4-6-14(18)12-15/h4,6-7,12H,3,5,8-11,13H2,1-2H3,(H2,19,20,21). The Morgan fingerprint density at radius 1 is 1.43 bits per heavy atom. The first-order valence-corrected chi connectivity index (χ1v) is 8.16. The topological polar surface area (TPSA) is 54.9 Å². The molecule has 0 spiro atoms. The number of nitrogens with one attached hydrogen (secondary N) is 2. The van der Waals surface area contributed by atoms with Gasteiger partial charge in [0.2, 0.25) is 0 Å². The number of ether oxygens (including phenoxy) is 2. The van der Waals surface area contributed by atoms with Crippen molar-refractivity contribution in [3.63, 3.8) is 0 Å². The summed E-state index contributed by atoms with van der Waals surface area (Å²) in [4.78, 5) is 4.58. The van der Waals surface area contributed by atoms with Crippen LogP contribution in [0.25, 0.3) is 0 Å². The first-order valence-electron chi connectivity index (χ1n) is 8.16. The van der Waals surface area contributed by atoms with Crippen LogP contribution in [0.15, 0.2) is 29.3 Å². The van der Waals surface area contributed by atoms with E-state index in [9.17, 15) is 4.39 Å². The van der Waals surface area contributed by atoms with Crippen LogP contribution >= 0.6 is 0 Å². The van der Waals surface area contributed by atoms with Crippen molar-refractivity contribution in [3.8, 4) is 5.75 Å². The van der Waals surface area contributed by atoms with E-state index < -0.39 is 0 Å². The molecule has 6 heteroatoms. The van der Waals surface area contributed by atoms with E-state index in [1.54, 1.807) is 12.1 Å². The molecule has 1 aromatic carbocycles. The van der Waals surface area contributed by atoms with Gasteiger partial charge in [0.15, 0.2) is 5.96 Å². The van der Waals surface area contributed by atoms with Gasteiger partial charge in [-0.15, -0.1) is 0 Å². The highest BCUT2D eigenvalue weighted by Gasteiger charge is 2.29. The molecule has 2 N–H and O–H groups in total. The number of guanidine groups is 1. The third-order valence-electron chi connectivity index (χ3n) is 3.68. The van der Waals surface area contributed by atoms with E-state index in [2.05, 4.69) is 22.5 Å². The maximum absolute atomic E-state index is 13.1. The number of halogens is 1.